The third-order valence-corrected chi connectivity index (χ3v) is 7.72. The summed E-state index contributed by atoms with van der Waals surface area (Å²) in [5.74, 6) is -1.18. The van der Waals surface area contributed by atoms with Gasteiger partial charge in [-0.1, -0.05) is 36.4 Å². The van der Waals surface area contributed by atoms with Crippen molar-refractivity contribution in [2.75, 3.05) is 18.0 Å². The van der Waals surface area contributed by atoms with Crippen molar-refractivity contribution in [2.24, 2.45) is 0 Å². The fourth-order valence-corrected chi connectivity index (χ4v) is 5.28. The first-order valence-electron chi connectivity index (χ1n) is 12.4. The van der Waals surface area contributed by atoms with E-state index in [0.717, 1.165) is 4.31 Å². The van der Waals surface area contributed by atoms with Crippen LogP contribution in [0, 0.1) is 5.82 Å². The SMILES string of the molecule is COc1ccc(S(=O)(=O)N(CC(=O)N(Cc2ccccc2F)[C@@H](C)C(=O)NC(C)(C)C)c2ccccc2)cc1. The Morgan fingerprint density at radius 3 is 2.10 bits per heavy atom. The number of methoxy groups -OCH3 is 1. The number of nitrogens with one attached hydrogen (secondary N) is 1. The predicted octanol–water partition coefficient (Wildman–Crippen LogP) is 4.36. The fraction of sp³-hybridized carbons (Fsp3) is 0.310. The van der Waals surface area contributed by atoms with E-state index >= 15 is 0 Å². The summed E-state index contributed by atoms with van der Waals surface area (Å²) in [6, 6.07) is 18.9. The highest BCUT2D eigenvalue weighted by Crippen LogP contribution is 2.26. The van der Waals surface area contributed by atoms with Crippen LogP contribution in [0.4, 0.5) is 10.1 Å². The summed E-state index contributed by atoms with van der Waals surface area (Å²) in [6.07, 6.45) is 0. The summed E-state index contributed by atoms with van der Waals surface area (Å²) in [5.41, 5.74) is -0.115. The molecule has 1 atom stereocenters. The van der Waals surface area contributed by atoms with E-state index in [1.165, 1.54) is 61.4 Å². The van der Waals surface area contributed by atoms with Gasteiger partial charge in [-0.3, -0.25) is 13.9 Å². The van der Waals surface area contributed by atoms with Gasteiger partial charge in [0.2, 0.25) is 11.8 Å². The van der Waals surface area contributed by atoms with Crippen molar-refractivity contribution in [3.8, 4) is 5.75 Å². The smallest absolute Gasteiger partial charge is 0.264 e. The molecule has 3 aromatic carbocycles. The van der Waals surface area contributed by atoms with Crippen LogP contribution in [0.5, 0.6) is 5.75 Å². The van der Waals surface area contributed by atoms with E-state index in [2.05, 4.69) is 5.32 Å². The average Bonchev–Trinajstić information content (AvgIpc) is 2.90. The van der Waals surface area contributed by atoms with Gasteiger partial charge in [-0.05, 0) is 70.2 Å². The minimum absolute atomic E-state index is 0.0425. The molecular weight excluding hydrogens is 521 g/mol. The quantitative estimate of drug-likeness (QED) is 0.401. The molecule has 2 amide bonds. The number of carbonyl (C=O) groups is 2. The van der Waals surface area contributed by atoms with E-state index in [0.29, 0.717) is 5.75 Å². The molecule has 39 heavy (non-hydrogen) atoms. The Bertz CT molecular complexity index is 1390. The molecule has 0 spiro atoms. The first kappa shape index (κ1) is 29.6. The summed E-state index contributed by atoms with van der Waals surface area (Å²) in [5, 5.41) is 2.84. The van der Waals surface area contributed by atoms with Crippen LogP contribution in [0.3, 0.4) is 0 Å². The van der Waals surface area contributed by atoms with Gasteiger partial charge in [0.05, 0.1) is 17.7 Å². The molecule has 8 nitrogen and oxygen atoms in total. The van der Waals surface area contributed by atoms with Crippen LogP contribution in [-0.2, 0) is 26.2 Å². The lowest BCUT2D eigenvalue weighted by Crippen LogP contribution is -2.54. The van der Waals surface area contributed by atoms with E-state index in [4.69, 9.17) is 4.74 Å². The third-order valence-electron chi connectivity index (χ3n) is 5.93. The van der Waals surface area contributed by atoms with Gasteiger partial charge < -0.3 is 15.0 Å². The zero-order valence-corrected chi connectivity index (χ0v) is 23.5. The second-order valence-electron chi connectivity index (χ2n) is 10.1. The number of amides is 2. The molecule has 3 rings (SSSR count). The maximum atomic E-state index is 14.6. The molecule has 0 radical (unpaired) electrons. The predicted molar refractivity (Wildman–Crippen MR) is 148 cm³/mol. The van der Waals surface area contributed by atoms with Crippen LogP contribution in [0.25, 0.3) is 0 Å². The maximum Gasteiger partial charge on any atom is 0.264 e. The summed E-state index contributed by atoms with van der Waals surface area (Å²) >= 11 is 0. The molecular formula is C29H34FN3O5S. The molecule has 0 aliphatic heterocycles. The van der Waals surface area contributed by atoms with Gasteiger partial charge in [-0.15, -0.1) is 0 Å². The standard InChI is InChI=1S/C29H34FN3O5S/c1-21(28(35)31-29(2,3)4)32(19-22-11-9-10-14-26(22)30)27(34)20-33(23-12-7-6-8-13-23)39(36,37)25-17-15-24(38-5)16-18-25/h6-18,21H,19-20H2,1-5H3,(H,31,35)/t21-/m0/s1. The summed E-state index contributed by atoms with van der Waals surface area (Å²) in [4.78, 5) is 28.1. The second kappa shape index (κ2) is 12.3. The molecule has 0 saturated heterocycles. The molecule has 0 fully saturated rings. The number of halogens is 1. The number of ether oxygens (including phenoxy) is 1. The second-order valence-corrected chi connectivity index (χ2v) is 11.9. The van der Waals surface area contributed by atoms with Crippen molar-refractivity contribution >= 4 is 27.5 Å². The zero-order chi connectivity index (χ0) is 28.8. The van der Waals surface area contributed by atoms with Crippen molar-refractivity contribution < 1.29 is 27.1 Å². The molecule has 1 N–H and O–H groups in total. The monoisotopic (exact) mass is 555 g/mol. The number of rotatable bonds is 10. The molecule has 10 heteroatoms. The first-order valence-corrected chi connectivity index (χ1v) is 13.8. The third kappa shape index (κ3) is 7.57. The lowest BCUT2D eigenvalue weighted by Gasteiger charge is -2.33. The lowest BCUT2D eigenvalue weighted by atomic mass is 10.1. The Morgan fingerprint density at radius 1 is 0.949 bits per heavy atom. The van der Waals surface area contributed by atoms with Gasteiger partial charge in [-0.25, -0.2) is 12.8 Å². The van der Waals surface area contributed by atoms with Crippen LogP contribution >= 0.6 is 0 Å². The first-order chi connectivity index (χ1) is 18.3. The Hall–Kier alpha value is -3.92. The molecule has 0 heterocycles. The van der Waals surface area contributed by atoms with Crippen molar-refractivity contribution in [3.63, 3.8) is 0 Å². The van der Waals surface area contributed by atoms with Crippen molar-refractivity contribution in [1.82, 2.24) is 10.2 Å². The highest BCUT2D eigenvalue weighted by molar-refractivity contribution is 7.92. The van der Waals surface area contributed by atoms with Crippen molar-refractivity contribution in [3.05, 3.63) is 90.2 Å². The van der Waals surface area contributed by atoms with E-state index < -0.39 is 45.8 Å². The van der Waals surface area contributed by atoms with Crippen LogP contribution in [0.2, 0.25) is 0 Å². The number of benzene rings is 3. The topological polar surface area (TPSA) is 96.0 Å². The molecule has 3 aromatic rings. The van der Waals surface area contributed by atoms with Gasteiger partial charge >= 0.3 is 0 Å². The Labute approximate surface area is 229 Å². The van der Waals surface area contributed by atoms with Gasteiger partial charge in [0.1, 0.15) is 24.2 Å². The summed E-state index contributed by atoms with van der Waals surface area (Å²) < 4.78 is 48.3. The summed E-state index contributed by atoms with van der Waals surface area (Å²) in [6.45, 7) is 6.11. The number of anilines is 1. The number of hydrogen-bond acceptors (Lipinski definition) is 5. The largest absolute Gasteiger partial charge is 0.497 e. The number of carbonyl (C=O) groups excluding carboxylic acids is 2. The van der Waals surface area contributed by atoms with Crippen molar-refractivity contribution in [2.45, 2.75) is 50.7 Å². The minimum Gasteiger partial charge on any atom is -0.497 e. The fourth-order valence-electron chi connectivity index (χ4n) is 3.86. The van der Waals surface area contributed by atoms with E-state index in [9.17, 15) is 22.4 Å². The lowest BCUT2D eigenvalue weighted by molar-refractivity contribution is -0.140. The normalized spacial score (nSPS) is 12.4. The van der Waals surface area contributed by atoms with E-state index in [1.807, 2.05) is 0 Å². The number of nitrogens with zero attached hydrogens (tertiary/aromatic N) is 2. The number of hydrogen-bond donors (Lipinski definition) is 1. The van der Waals surface area contributed by atoms with Gasteiger partial charge in [0.15, 0.2) is 0 Å². The van der Waals surface area contributed by atoms with Gasteiger partial charge in [0.25, 0.3) is 10.0 Å². The Balaban J connectivity index is 2.02. The number of sulfonamides is 1. The van der Waals surface area contributed by atoms with Crippen LogP contribution in [0.1, 0.15) is 33.3 Å². The van der Waals surface area contributed by atoms with Gasteiger partial charge in [0, 0.05) is 17.6 Å². The molecule has 0 bridgehead atoms. The highest BCUT2D eigenvalue weighted by Gasteiger charge is 2.33. The molecule has 0 aliphatic rings. The van der Waals surface area contributed by atoms with Gasteiger partial charge in [-0.2, -0.15) is 0 Å². The van der Waals surface area contributed by atoms with Crippen LogP contribution in [-0.4, -0.2) is 50.4 Å². The van der Waals surface area contributed by atoms with E-state index in [-0.39, 0.29) is 22.7 Å². The molecule has 0 aromatic heterocycles. The van der Waals surface area contributed by atoms with Crippen LogP contribution in [0.15, 0.2) is 83.8 Å². The van der Waals surface area contributed by atoms with Crippen molar-refractivity contribution in [1.29, 1.82) is 0 Å². The molecule has 0 saturated carbocycles. The molecule has 0 unspecified atom stereocenters. The Morgan fingerprint density at radius 2 is 1.54 bits per heavy atom. The summed E-state index contributed by atoms with van der Waals surface area (Å²) in [7, 11) is -2.74. The zero-order valence-electron chi connectivity index (χ0n) is 22.7. The highest BCUT2D eigenvalue weighted by atomic mass is 32.2. The average molecular weight is 556 g/mol. The molecule has 0 aliphatic carbocycles. The molecule has 208 valence electrons. The minimum atomic E-state index is -4.21. The Kier molecular flexibility index (Phi) is 9.34. The van der Waals surface area contributed by atoms with Crippen LogP contribution < -0.4 is 14.4 Å². The number of para-hydroxylation sites is 1. The van der Waals surface area contributed by atoms with E-state index in [1.54, 1.807) is 57.2 Å². The maximum absolute atomic E-state index is 14.6.